The fourth-order valence-corrected chi connectivity index (χ4v) is 5.58. The van der Waals surface area contributed by atoms with Crippen LogP contribution < -0.4 is 0 Å². The van der Waals surface area contributed by atoms with E-state index in [-0.39, 0.29) is 17.6 Å². The zero-order valence-electron chi connectivity index (χ0n) is 14.5. The van der Waals surface area contributed by atoms with Gasteiger partial charge in [0.2, 0.25) is 5.91 Å². The molecule has 0 saturated carbocycles. The van der Waals surface area contributed by atoms with Gasteiger partial charge < -0.3 is 9.64 Å². The Morgan fingerprint density at radius 3 is 2.62 bits per heavy atom. The molecule has 0 spiro atoms. The molecule has 6 nitrogen and oxygen atoms in total. The van der Waals surface area contributed by atoms with Crippen molar-refractivity contribution in [1.82, 2.24) is 15.1 Å². The maximum absolute atomic E-state index is 12.8. The van der Waals surface area contributed by atoms with Crippen LogP contribution in [0.25, 0.3) is 0 Å². The van der Waals surface area contributed by atoms with E-state index in [2.05, 4.69) is 17.1 Å². The maximum atomic E-state index is 12.8. The molecule has 1 aliphatic heterocycles. The quantitative estimate of drug-likeness (QED) is 0.536. The molecule has 1 atom stereocenters. The molecule has 1 aromatic carbocycles. The summed E-state index contributed by atoms with van der Waals surface area (Å²) in [4.78, 5) is 26.6. The molecule has 9 heteroatoms. The minimum absolute atomic E-state index is 0.0974. The number of fused-ring (bicyclic) bond motifs is 1. The number of aromatic nitrogens is 2. The second kappa shape index (κ2) is 8.88. The van der Waals surface area contributed by atoms with E-state index in [4.69, 9.17) is 4.74 Å². The molecule has 26 heavy (non-hydrogen) atoms. The highest BCUT2D eigenvalue weighted by Gasteiger charge is 2.35. The Bertz CT molecular complexity index is 796. The average Bonchev–Trinajstić information content (AvgIpc) is 3.12. The molecule has 138 valence electrons. The highest BCUT2D eigenvalue weighted by Crippen LogP contribution is 2.30. The number of esters is 1. The van der Waals surface area contributed by atoms with Crippen LogP contribution in [0, 0.1) is 0 Å². The fourth-order valence-electron chi connectivity index (χ4n) is 2.78. The molecule has 0 N–H and O–H groups in total. The predicted octanol–water partition coefficient (Wildman–Crippen LogP) is 2.87. The molecular weight excluding hydrogens is 390 g/mol. The number of thioether (sulfide) groups is 2. The predicted molar refractivity (Wildman–Crippen MR) is 104 cm³/mol. The van der Waals surface area contributed by atoms with Crippen LogP contribution in [0.1, 0.15) is 18.1 Å². The van der Waals surface area contributed by atoms with Gasteiger partial charge in [0.25, 0.3) is 0 Å². The van der Waals surface area contributed by atoms with Crippen molar-refractivity contribution in [3.8, 4) is 0 Å². The minimum atomic E-state index is -0.580. The molecule has 0 unspecified atom stereocenters. The average molecular weight is 410 g/mol. The van der Waals surface area contributed by atoms with Crippen LogP contribution in [-0.4, -0.2) is 51.6 Å². The summed E-state index contributed by atoms with van der Waals surface area (Å²) in [5, 5.41) is 8.20. The highest BCUT2D eigenvalue weighted by molar-refractivity contribution is 8.03. The Balaban J connectivity index is 1.70. The number of methoxy groups -OCH3 is 1. The topological polar surface area (TPSA) is 72.4 Å². The van der Waals surface area contributed by atoms with Crippen molar-refractivity contribution in [1.29, 1.82) is 0 Å². The van der Waals surface area contributed by atoms with Crippen LogP contribution in [0.5, 0.6) is 0 Å². The second-order valence-electron chi connectivity index (χ2n) is 5.59. The van der Waals surface area contributed by atoms with Gasteiger partial charge in [-0.25, -0.2) is 4.79 Å². The standard InChI is InChI=1S/C17H19N3O3S3/c1-3-24-16-18-19-17(26-16)25-10-14(21)20-9-12-7-5-4-6-11(12)8-13(20)15(22)23-2/h4-7,13H,3,8-10H2,1-2H3/t13-/m0/s1. The number of hydrogen-bond donors (Lipinski definition) is 0. The van der Waals surface area contributed by atoms with E-state index in [1.165, 1.54) is 30.2 Å². The van der Waals surface area contributed by atoms with Gasteiger partial charge >= 0.3 is 5.97 Å². The number of amides is 1. The van der Waals surface area contributed by atoms with Gasteiger partial charge in [0, 0.05) is 13.0 Å². The normalized spacial score (nSPS) is 16.2. The number of carbonyl (C=O) groups excluding carboxylic acids is 2. The van der Waals surface area contributed by atoms with Crippen molar-refractivity contribution in [3.05, 3.63) is 35.4 Å². The molecular formula is C17H19N3O3S3. The number of benzene rings is 1. The molecule has 1 aliphatic rings. The van der Waals surface area contributed by atoms with Crippen molar-refractivity contribution in [2.75, 3.05) is 18.6 Å². The third-order valence-electron chi connectivity index (χ3n) is 4.02. The smallest absolute Gasteiger partial charge is 0.328 e. The lowest BCUT2D eigenvalue weighted by molar-refractivity contribution is -0.153. The van der Waals surface area contributed by atoms with Crippen molar-refractivity contribution in [2.45, 2.75) is 34.6 Å². The summed E-state index contributed by atoms with van der Waals surface area (Å²) in [6.07, 6.45) is 0.481. The molecule has 1 amide bonds. The van der Waals surface area contributed by atoms with Crippen LogP contribution >= 0.6 is 34.9 Å². The summed E-state index contributed by atoms with van der Waals surface area (Å²) in [5.41, 5.74) is 2.16. The Kier molecular flexibility index (Phi) is 6.55. The van der Waals surface area contributed by atoms with Gasteiger partial charge in [-0.2, -0.15) is 0 Å². The molecule has 0 radical (unpaired) electrons. The number of hydrogen-bond acceptors (Lipinski definition) is 8. The molecule has 2 aromatic rings. The van der Waals surface area contributed by atoms with E-state index in [1.807, 2.05) is 24.3 Å². The van der Waals surface area contributed by atoms with E-state index in [9.17, 15) is 9.59 Å². The zero-order valence-corrected chi connectivity index (χ0v) is 17.0. The molecule has 1 aromatic heterocycles. The van der Waals surface area contributed by atoms with E-state index >= 15 is 0 Å². The first-order valence-corrected chi connectivity index (χ1v) is 10.9. The summed E-state index contributed by atoms with van der Waals surface area (Å²) in [7, 11) is 1.36. The summed E-state index contributed by atoms with van der Waals surface area (Å²) < 4.78 is 6.59. The van der Waals surface area contributed by atoms with Crippen molar-refractivity contribution >= 4 is 46.7 Å². The van der Waals surface area contributed by atoms with Gasteiger partial charge in [0.15, 0.2) is 8.68 Å². The molecule has 0 fully saturated rings. The lowest BCUT2D eigenvalue weighted by Crippen LogP contribution is -2.49. The van der Waals surface area contributed by atoms with Crippen molar-refractivity contribution in [3.63, 3.8) is 0 Å². The Hall–Kier alpha value is -1.58. The maximum Gasteiger partial charge on any atom is 0.328 e. The number of ether oxygens (including phenoxy) is 1. The Labute approximate surface area is 164 Å². The van der Waals surface area contributed by atoms with E-state index in [0.29, 0.717) is 13.0 Å². The van der Waals surface area contributed by atoms with Crippen LogP contribution in [-0.2, 0) is 27.3 Å². The molecule has 0 bridgehead atoms. The summed E-state index contributed by atoms with van der Waals surface area (Å²) in [5.74, 6) is 0.683. The van der Waals surface area contributed by atoms with Crippen LogP contribution in [0.15, 0.2) is 32.9 Å². The van der Waals surface area contributed by atoms with E-state index in [1.54, 1.807) is 16.7 Å². The summed E-state index contributed by atoms with van der Waals surface area (Å²) in [6, 6.07) is 7.30. The van der Waals surface area contributed by atoms with Gasteiger partial charge in [-0.1, -0.05) is 66.0 Å². The van der Waals surface area contributed by atoms with Gasteiger partial charge in [-0.3, -0.25) is 4.79 Å². The monoisotopic (exact) mass is 409 g/mol. The Morgan fingerprint density at radius 2 is 1.92 bits per heavy atom. The third kappa shape index (κ3) is 4.39. The van der Waals surface area contributed by atoms with Gasteiger partial charge in [0.1, 0.15) is 6.04 Å². The summed E-state index contributed by atoms with van der Waals surface area (Å²) in [6.45, 7) is 2.48. The van der Waals surface area contributed by atoms with Gasteiger partial charge in [-0.05, 0) is 16.9 Å². The largest absolute Gasteiger partial charge is 0.467 e. The lowest BCUT2D eigenvalue weighted by atomic mass is 9.94. The van der Waals surface area contributed by atoms with Crippen LogP contribution in [0.3, 0.4) is 0 Å². The number of rotatable bonds is 6. The minimum Gasteiger partial charge on any atom is -0.467 e. The molecule has 0 aliphatic carbocycles. The fraction of sp³-hybridized carbons (Fsp3) is 0.412. The first kappa shape index (κ1) is 19.2. The van der Waals surface area contributed by atoms with Crippen LogP contribution in [0.2, 0.25) is 0 Å². The summed E-state index contributed by atoms with van der Waals surface area (Å²) >= 11 is 4.48. The van der Waals surface area contributed by atoms with Crippen LogP contribution in [0.4, 0.5) is 0 Å². The second-order valence-corrected chi connectivity index (χ2v) is 9.30. The zero-order chi connectivity index (χ0) is 18.5. The number of nitrogens with zero attached hydrogens (tertiary/aromatic N) is 3. The van der Waals surface area contributed by atoms with Gasteiger partial charge in [-0.15, -0.1) is 10.2 Å². The SMILES string of the molecule is CCSc1nnc(SCC(=O)N2Cc3ccccc3C[C@H]2C(=O)OC)s1. The first-order valence-electron chi connectivity index (χ1n) is 8.15. The number of carbonyl (C=O) groups is 2. The highest BCUT2D eigenvalue weighted by atomic mass is 32.2. The molecule has 0 saturated heterocycles. The first-order chi connectivity index (χ1) is 12.6. The van der Waals surface area contributed by atoms with Gasteiger partial charge in [0.05, 0.1) is 12.9 Å². The van der Waals surface area contributed by atoms with Crippen molar-refractivity contribution < 1.29 is 14.3 Å². The lowest BCUT2D eigenvalue weighted by Gasteiger charge is -2.35. The third-order valence-corrected chi connectivity index (χ3v) is 7.07. The molecule has 2 heterocycles. The Morgan fingerprint density at radius 1 is 1.23 bits per heavy atom. The molecule has 3 rings (SSSR count). The van der Waals surface area contributed by atoms with E-state index < -0.39 is 6.04 Å². The van der Waals surface area contributed by atoms with E-state index in [0.717, 1.165) is 25.6 Å². The van der Waals surface area contributed by atoms with Crippen molar-refractivity contribution in [2.24, 2.45) is 0 Å².